The SMILES string of the molecule is Cc1c(Cl)cccc1NC(=O)CCSc1nnc2cc(C)c3cccc(C)c3n12. The van der Waals surface area contributed by atoms with Crippen LogP contribution in [0.3, 0.4) is 0 Å². The highest BCUT2D eigenvalue weighted by atomic mass is 35.5. The zero-order valence-electron chi connectivity index (χ0n) is 16.5. The quantitative estimate of drug-likeness (QED) is 0.425. The van der Waals surface area contributed by atoms with Crippen LogP contribution in [0.4, 0.5) is 5.69 Å². The number of pyridine rings is 1. The summed E-state index contributed by atoms with van der Waals surface area (Å²) in [5.41, 5.74) is 5.91. The van der Waals surface area contributed by atoms with Crippen molar-refractivity contribution in [3.8, 4) is 0 Å². The number of nitrogens with zero attached hydrogens (tertiary/aromatic N) is 3. The highest BCUT2D eigenvalue weighted by Gasteiger charge is 2.14. The molecule has 0 aliphatic rings. The summed E-state index contributed by atoms with van der Waals surface area (Å²) >= 11 is 7.66. The molecule has 0 saturated heterocycles. The first-order valence-corrected chi connectivity index (χ1v) is 10.7. The van der Waals surface area contributed by atoms with E-state index in [4.69, 9.17) is 11.6 Å². The number of anilines is 1. The molecule has 1 amide bonds. The van der Waals surface area contributed by atoms with Crippen LogP contribution in [0, 0.1) is 20.8 Å². The predicted octanol–water partition coefficient (Wildman–Crippen LogP) is 5.58. The molecule has 7 heteroatoms. The second-order valence-electron chi connectivity index (χ2n) is 7.03. The first-order valence-electron chi connectivity index (χ1n) is 9.37. The summed E-state index contributed by atoms with van der Waals surface area (Å²) in [5.74, 6) is 0.557. The fourth-order valence-corrected chi connectivity index (χ4v) is 4.47. The number of carbonyl (C=O) groups is 1. The van der Waals surface area contributed by atoms with Gasteiger partial charge in [0.05, 0.1) is 5.52 Å². The molecule has 0 saturated carbocycles. The van der Waals surface area contributed by atoms with Crippen molar-refractivity contribution in [2.45, 2.75) is 32.3 Å². The van der Waals surface area contributed by atoms with E-state index in [0.717, 1.165) is 27.6 Å². The third-order valence-electron chi connectivity index (χ3n) is 4.99. The lowest BCUT2D eigenvalue weighted by Gasteiger charge is -2.10. The standard InChI is InChI=1S/C22H21ClN4OS/c1-13-6-4-7-16-14(2)12-19-25-26-22(27(19)21(13)16)29-11-10-20(28)24-18-9-5-8-17(23)15(18)3/h4-9,12H,10-11H2,1-3H3,(H,24,28). The molecule has 0 aliphatic heterocycles. The topological polar surface area (TPSA) is 59.3 Å². The molecular formula is C22H21ClN4OS. The Morgan fingerprint density at radius 2 is 1.90 bits per heavy atom. The molecule has 0 bridgehead atoms. The van der Waals surface area contributed by atoms with E-state index < -0.39 is 0 Å². The van der Waals surface area contributed by atoms with E-state index in [1.807, 2.05) is 31.2 Å². The summed E-state index contributed by atoms with van der Waals surface area (Å²) in [4.78, 5) is 12.4. The van der Waals surface area contributed by atoms with E-state index >= 15 is 0 Å². The Morgan fingerprint density at radius 1 is 1.10 bits per heavy atom. The van der Waals surface area contributed by atoms with E-state index in [1.54, 1.807) is 0 Å². The van der Waals surface area contributed by atoms with Crippen LogP contribution < -0.4 is 5.32 Å². The summed E-state index contributed by atoms with van der Waals surface area (Å²) < 4.78 is 2.08. The largest absolute Gasteiger partial charge is 0.326 e. The van der Waals surface area contributed by atoms with Gasteiger partial charge < -0.3 is 5.32 Å². The molecule has 0 unspecified atom stereocenters. The second-order valence-corrected chi connectivity index (χ2v) is 8.50. The molecule has 0 spiro atoms. The molecule has 0 fully saturated rings. The fraction of sp³-hybridized carbons (Fsp3) is 0.227. The normalized spacial score (nSPS) is 11.3. The third kappa shape index (κ3) is 3.82. The number of halogens is 1. The maximum Gasteiger partial charge on any atom is 0.225 e. The molecule has 4 aromatic rings. The van der Waals surface area contributed by atoms with Crippen molar-refractivity contribution in [3.05, 3.63) is 64.2 Å². The smallest absolute Gasteiger partial charge is 0.225 e. The predicted molar refractivity (Wildman–Crippen MR) is 120 cm³/mol. The minimum Gasteiger partial charge on any atom is -0.326 e. The number of benzene rings is 2. The Hall–Kier alpha value is -2.57. The van der Waals surface area contributed by atoms with Crippen LogP contribution in [-0.4, -0.2) is 26.3 Å². The summed E-state index contributed by atoms with van der Waals surface area (Å²) in [7, 11) is 0. The van der Waals surface area contributed by atoms with E-state index in [9.17, 15) is 4.79 Å². The van der Waals surface area contributed by atoms with Gasteiger partial charge in [-0.25, -0.2) is 0 Å². The van der Waals surface area contributed by atoms with Crippen LogP contribution in [0.25, 0.3) is 16.6 Å². The minimum atomic E-state index is -0.0476. The lowest BCUT2D eigenvalue weighted by Crippen LogP contribution is -2.13. The zero-order valence-corrected chi connectivity index (χ0v) is 18.1. The van der Waals surface area contributed by atoms with Crippen molar-refractivity contribution in [1.29, 1.82) is 0 Å². The van der Waals surface area contributed by atoms with Crippen molar-refractivity contribution in [2.75, 3.05) is 11.1 Å². The van der Waals surface area contributed by atoms with Gasteiger partial charge >= 0.3 is 0 Å². The van der Waals surface area contributed by atoms with Gasteiger partial charge in [0.1, 0.15) is 0 Å². The number of thioether (sulfide) groups is 1. The minimum absolute atomic E-state index is 0.0476. The van der Waals surface area contributed by atoms with Gasteiger partial charge in [0.25, 0.3) is 0 Å². The number of carbonyl (C=O) groups excluding carboxylic acids is 1. The van der Waals surface area contributed by atoms with E-state index in [-0.39, 0.29) is 5.91 Å². The molecule has 29 heavy (non-hydrogen) atoms. The summed E-state index contributed by atoms with van der Waals surface area (Å²) in [6.07, 6.45) is 0.369. The van der Waals surface area contributed by atoms with Crippen molar-refractivity contribution < 1.29 is 4.79 Å². The Morgan fingerprint density at radius 3 is 2.72 bits per heavy atom. The zero-order chi connectivity index (χ0) is 20.5. The van der Waals surface area contributed by atoms with E-state index in [0.29, 0.717) is 17.2 Å². The van der Waals surface area contributed by atoms with Gasteiger partial charge in [-0.15, -0.1) is 10.2 Å². The summed E-state index contributed by atoms with van der Waals surface area (Å²) in [6.45, 7) is 6.08. The Kier molecular flexibility index (Phi) is 5.48. The van der Waals surface area contributed by atoms with E-state index in [1.165, 1.54) is 28.3 Å². The number of amides is 1. The van der Waals surface area contributed by atoms with Crippen molar-refractivity contribution >= 4 is 51.5 Å². The number of para-hydroxylation sites is 1. The Bertz CT molecular complexity index is 1230. The number of nitrogens with one attached hydrogen (secondary N) is 1. The monoisotopic (exact) mass is 424 g/mol. The first kappa shape index (κ1) is 19.7. The van der Waals surface area contributed by atoms with Crippen molar-refractivity contribution in [2.24, 2.45) is 0 Å². The number of hydrogen-bond acceptors (Lipinski definition) is 4. The molecule has 0 radical (unpaired) electrons. The molecular weight excluding hydrogens is 404 g/mol. The average Bonchev–Trinajstić information content (AvgIpc) is 3.08. The fourth-order valence-electron chi connectivity index (χ4n) is 3.41. The average molecular weight is 425 g/mol. The molecule has 1 N–H and O–H groups in total. The van der Waals surface area contributed by atoms with Crippen LogP contribution in [0.2, 0.25) is 5.02 Å². The number of rotatable bonds is 5. The molecule has 0 aliphatic carbocycles. The lowest BCUT2D eigenvalue weighted by molar-refractivity contribution is -0.115. The van der Waals surface area contributed by atoms with Gasteiger partial charge in [-0.3, -0.25) is 9.20 Å². The highest BCUT2D eigenvalue weighted by Crippen LogP contribution is 2.28. The van der Waals surface area contributed by atoms with Gasteiger partial charge in [-0.05, 0) is 55.7 Å². The molecule has 0 atom stereocenters. The van der Waals surface area contributed by atoms with Gasteiger partial charge in [-0.2, -0.15) is 0 Å². The van der Waals surface area contributed by atoms with Crippen LogP contribution in [0.15, 0.2) is 47.6 Å². The van der Waals surface area contributed by atoms with Crippen LogP contribution in [0.1, 0.15) is 23.1 Å². The molecule has 2 aromatic carbocycles. The van der Waals surface area contributed by atoms with Gasteiger partial charge in [-0.1, -0.05) is 47.6 Å². The maximum atomic E-state index is 12.4. The van der Waals surface area contributed by atoms with Crippen molar-refractivity contribution in [1.82, 2.24) is 14.6 Å². The highest BCUT2D eigenvalue weighted by molar-refractivity contribution is 7.99. The lowest BCUT2D eigenvalue weighted by atomic mass is 10.1. The molecule has 4 rings (SSSR count). The van der Waals surface area contributed by atoms with Crippen LogP contribution in [0.5, 0.6) is 0 Å². The first-order chi connectivity index (χ1) is 14.0. The Balaban J connectivity index is 1.52. The van der Waals surface area contributed by atoms with E-state index in [2.05, 4.69) is 52.0 Å². The van der Waals surface area contributed by atoms with Gasteiger partial charge in [0.15, 0.2) is 10.8 Å². The summed E-state index contributed by atoms with van der Waals surface area (Å²) in [5, 5.41) is 14.3. The van der Waals surface area contributed by atoms with Gasteiger partial charge in [0.2, 0.25) is 5.91 Å². The third-order valence-corrected chi connectivity index (χ3v) is 6.33. The molecule has 2 heterocycles. The maximum absolute atomic E-state index is 12.4. The number of hydrogen-bond donors (Lipinski definition) is 1. The second kappa shape index (κ2) is 8.05. The van der Waals surface area contributed by atoms with Gasteiger partial charge in [0, 0.05) is 28.3 Å². The molecule has 148 valence electrons. The molecule has 5 nitrogen and oxygen atoms in total. The Labute approximate surface area is 178 Å². The van der Waals surface area contributed by atoms with Crippen LogP contribution >= 0.6 is 23.4 Å². The summed E-state index contributed by atoms with van der Waals surface area (Å²) in [6, 6.07) is 13.8. The number of aryl methyl sites for hydroxylation is 2. The van der Waals surface area contributed by atoms with Crippen molar-refractivity contribution in [3.63, 3.8) is 0 Å². The molecule has 2 aromatic heterocycles. The number of fused-ring (bicyclic) bond motifs is 3. The number of aromatic nitrogens is 3. The van der Waals surface area contributed by atoms with Crippen LogP contribution in [-0.2, 0) is 4.79 Å².